The molecule has 0 aliphatic carbocycles. The molecule has 6 nitrogen and oxygen atoms in total. The minimum Gasteiger partial charge on any atom is -0.503 e. The molecular formula is C29H27N3O3. The minimum atomic E-state index is -0.665. The summed E-state index contributed by atoms with van der Waals surface area (Å²) in [5.74, 6) is -1.37. The van der Waals surface area contributed by atoms with Gasteiger partial charge in [0.1, 0.15) is 0 Å². The van der Waals surface area contributed by atoms with Gasteiger partial charge in [0.15, 0.2) is 11.5 Å². The number of hydrogen-bond acceptors (Lipinski definition) is 4. The van der Waals surface area contributed by atoms with Crippen LogP contribution in [0.4, 0.5) is 0 Å². The van der Waals surface area contributed by atoms with Crippen LogP contribution in [0.1, 0.15) is 45.6 Å². The van der Waals surface area contributed by atoms with Gasteiger partial charge in [0.2, 0.25) is 0 Å². The molecule has 35 heavy (non-hydrogen) atoms. The van der Waals surface area contributed by atoms with E-state index >= 15 is 0 Å². The lowest BCUT2D eigenvalue weighted by Crippen LogP contribution is -2.33. The predicted molar refractivity (Wildman–Crippen MR) is 135 cm³/mol. The second kappa shape index (κ2) is 9.22. The van der Waals surface area contributed by atoms with Crippen LogP contribution in [-0.4, -0.2) is 38.2 Å². The number of aliphatic hydroxyl groups excluding tert-OH is 1. The number of rotatable bonds is 7. The van der Waals surface area contributed by atoms with Gasteiger partial charge in [-0.25, -0.2) is 0 Å². The first-order chi connectivity index (χ1) is 17.0. The topological polar surface area (TPSA) is 86.3 Å². The maximum absolute atomic E-state index is 13.5. The summed E-state index contributed by atoms with van der Waals surface area (Å²) in [6.45, 7) is 4.48. The number of pyridine rings is 1. The molecule has 1 unspecified atom stereocenters. The molecule has 4 aromatic rings. The van der Waals surface area contributed by atoms with Gasteiger partial charge in [0.25, 0.3) is 5.91 Å². The minimum absolute atomic E-state index is 0.111. The smallest absolute Gasteiger partial charge is 0.290 e. The van der Waals surface area contributed by atoms with Gasteiger partial charge < -0.3 is 15.0 Å². The molecule has 2 aromatic heterocycles. The zero-order chi connectivity index (χ0) is 24.5. The number of amides is 1. The zero-order valence-corrected chi connectivity index (χ0v) is 19.8. The van der Waals surface area contributed by atoms with E-state index in [-0.39, 0.29) is 11.4 Å². The van der Waals surface area contributed by atoms with Crippen molar-refractivity contribution in [2.45, 2.75) is 32.7 Å². The fraction of sp³-hybridized carbons (Fsp3) is 0.207. The number of hydrogen-bond donors (Lipinski definition) is 2. The molecule has 0 spiro atoms. The van der Waals surface area contributed by atoms with Crippen molar-refractivity contribution in [3.63, 3.8) is 0 Å². The number of aromatic amines is 1. The number of aromatic nitrogens is 2. The molecule has 0 saturated heterocycles. The zero-order valence-electron chi connectivity index (χ0n) is 19.8. The van der Waals surface area contributed by atoms with E-state index in [4.69, 9.17) is 0 Å². The first kappa shape index (κ1) is 22.6. The van der Waals surface area contributed by atoms with E-state index in [0.717, 1.165) is 34.0 Å². The van der Waals surface area contributed by atoms with Crippen molar-refractivity contribution in [2.75, 3.05) is 6.54 Å². The lowest BCUT2D eigenvalue weighted by molar-refractivity contribution is -0.129. The fourth-order valence-corrected chi connectivity index (χ4v) is 4.81. The Bertz CT molecular complexity index is 1440. The van der Waals surface area contributed by atoms with Crippen molar-refractivity contribution in [3.8, 4) is 0 Å². The third kappa shape index (κ3) is 4.12. The van der Waals surface area contributed by atoms with E-state index in [2.05, 4.69) is 35.1 Å². The molecule has 0 radical (unpaired) electrons. The van der Waals surface area contributed by atoms with Crippen molar-refractivity contribution in [1.29, 1.82) is 0 Å². The van der Waals surface area contributed by atoms with Crippen LogP contribution in [0.3, 0.4) is 0 Å². The summed E-state index contributed by atoms with van der Waals surface area (Å²) >= 11 is 0. The van der Waals surface area contributed by atoms with Gasteiger partial charge >= 0.3 is 0 Å². The fourth-order valence-electron chi connectivity index (χ4n) is 4.81. The Morgan fingerprint density at radius 1 is 1.09 bits per heavy atom. The highest BCUT2D eigenvalue weighted by molar-refractivity contribution is 6.16. The first-order valence-electron chi connectivity index (χ1n) is 11.8. The molecule has 1 amide bonds. The van der Waals surface area contributed by atoms with Gasteiger partial charge in [-0.05, 0) is 60.2 Å². The Balaban J connectivity index is 1.51. The molecule has 3 heterocycles. The molecular weight excluding hydrogens is 438 g/mol. The van der Waals surface area contributed by atoms with Gasteiger partial charge in [0, 0.05) is 41.6 Å². The number of H-pyrrole nitrogens is 1. The highest BCUT2D eigenvalue weighted by Gasteiger charge is 2.43. The van der Waals surface area contributed by atoms with Crippen LogP contribution in [0.15, 0.2) is 84.5 Å². The van der Waals surface area contributed by atoms with E-state index in [0.29, 0.717) is 18.5 Å². The van der Waals surface area contributed by atoms with Crippen LogP contribution < -0.4 is 0 Å². The number of nitrogens with one attached hydrogen (secondary N) is 1. The van der Waals surface area contributed by atoms with Crippen LogP contribution in [0.5, 0.6) is 0 Å². The van der Waals surface area contributed by atoms with Crippen molar-refractivity contribution in [3.05, 3.63) is 112 Å². The van der Waals surface area contributed by atoms with Crippen molar-refractivity contribution >= 4 is 22.6 Å². The normalized spacial score (nSPS) is 15.9. The maximum Gasteiger partial charge on any atom is 0.290 e. The standard InChI is InChI=1S/C29H27N3O3/c1-3-19-5-7-20(8-6-19)26-25(27(33)21-10-13-30-14-11-21)28(34)29(35)32(26)15-12-22-17-31-24-16-18(2)4-9-23(22)24/h4-11,13-14,16-17,26,31,34H,3,12,15H2,1-2H3. The van der Waals surface area contributed by atoms with Gasteiger partial charge in [-0.1, -0.05) is 43.3 Å². The van der Waals surface area contributed by atoms with Gasteiger partial charge in [-0.2, -0.15) is 0 Å². The summed E-state index contributed by atoms with van der Waals surface area (Å²) < 4.78 is 0. The van der Waals surface area contributed by atoms with Crippen LogP contribution in [-0.2, 0) is 17.6 Å². The van der Waals surface area contributed by atoms with Crippen LogP contribution in [0.2, 0.25) is 0 Å². The number of aryl methyl sites for hydroxylation is 2. The summed E-state index contributed by atoms with van der Waals surface area (Å²) in [7, 11) is 0. The Hall–Kier alpha value is -4.19. The molecule has 0 saturated carbocycles. The molecule has 1 atom stereocenters. The van der Waals surface area contributed by atoms with Crippen LogP contribution in [0.25, 0.3) is 10.9 Å². The number of ketones is 1. The van der Waals surface area contributed by atoms with Crippen molar-refractivity contribution < 1.29 is 14.7 Å². The largest absolute Gasteiger partial charge is 0.503 e. The predicted octanol–water partition coefficient (Wildman–Crippen LogP) is 5.25. The Morgan fingerprint density at radius 2 is 1.83 bits per heavy atom. The number of Topliss-reactive ketones (excluding diaryl/α,β-unsaturated/α-hetero) is 1. The molecule has 2 aromatic carbocycles. The molecule has 5 rings (SSSR count). The molecule has 0 fully saturated rings. The Morgan fingerprint density at radius 3 is 2.54 bits per heavy atom. The molecule has 2 N–H and O–H groups in total. The van der Waals surface area contributed by atoms with E-state index in [1.807, 2.05) is 37.4 Å². The molecule has 6 heteroatoms. The summed E-state index contributed by atoms with van der Waals surface area (Å²) in [6, 6.07) is 16.7. The molecule has 1 aliphatic rings. The van der Waals surface area contributed by atoms with Gasteiger partial charge in [0.05, 0.1) is 11.6 Å². The monoisotopic (exact) mass is 465 g/mol. The summed E-state index contributed by atoms with van der Waals surface area (Å²) in [4.78, 5) is 35.6. The summed E-state index contributed by atoms with van der Waals surface area (Å²) in [5, 5.41) is 12.0. The lowest BCUT2D eigenvalue weighted by atomic mass is 9.92. The van der Waals surface area contributed by atoms with Crippen LogP contribution >= 0.6 is 0 Å². The number of carbonyl (C=O) groups excluding carboxylic acids is 2. The van der Waals surface area contributed by atoms with Crippen molar-refractivity contribution in [2.24, 2.45) is 0 Å². The molecule has 1 aliphatic heterocycles. The third-order valence-electron chi connectivity index (χ3n) is 6.74. The number of carbonyl (C=O) groups is 2. The maximum atomic E-state index is 13.5. The number of benzene rings is 2. The summed E-state index contributed by atoms with van der Waals surface area (Å²) in [5.41, 5.74) is 5.76. The molecule has 176 valence electrons. The number of aliphatic hydroxyl groups is 1. The molecule has 0 bridgehead atoms. The highest BCUT2D eigenvalue weighted by Crippen LogP contribution is 2.39. The average Bonchev–Trinajstić information content (AvgIpc) is 3.40. The van der Waals surface area contributed by atoms with E-state index < -0.39 is 17.7 Å². The van der Waals surface area contributed by atoms with Gasteiger partial charge in [-0.15, -0.1) is 0 Å². The second-order valence-electron chi connectivity index (χ2n) is 8.94. The summed E-state index contributed by atoms with van der Waals surface area (Å²) in [6.07, 6.45) is 6.50. The van der Waals surface area contributed by atoms with Crippen LogP contribution in [0, 0.1) is 6.92 Å². The SMILES string of the molecule is CCc1ccc(C2C(C(=O)c3ccncc3)=C(O)C(=O)N2CCc2c[nH]c3cc(C)ccc23)cc1. The second-order valence-corrected chi connectivity index (χ2v) is 8.94. The average molecular weight is 466 g/mol. The Kier molecular flexibility index (Phi) is 5.95. The van der Waals surface area contributed by atoms with E-state index in [1.165, 1.54) is 18.0 Å². The Labute approximate surface area is 203 Å². The first-order valence-corrected chi connectivity index (χ1v) is 11.8. The van der Waals surface area contributed by atoms with Gasteiger partial charge in [-0.3, -0.25) is 14.6 Å². The highest BCUT2D eigenvalue weighted by atomic mass is 16.3. The number of nitrogens with zero attached hydrogens (tertiary/aromatic N) is 2. The quantitative estimate of drug-likeness (QED) is 0.365. The lowest BCUT2D eigenvalue weighted by Gasteiger charge is -2.27. The van der Waals surface area contributed by atoms with Crippen molar-refractivity contribution in [1.82, 2.24) is 14.9 Å². The van der Waals surface area contributed by atoms with E-state index in [1.54, 1.807) is 17.0 Å². The third-order valence-corrected chi connectivity index (χ3v) is 6.74. The number of fused-ring (bicyclic) bond motifs is 1. The van der Waals surface area contributed by atoms with E-state index in [9.17, 15) is 14.7 Å².